The van der Waals surface area contributed by atoms with Crippen molar-refractivity contribution in [2.45, 2.75) is 24.3 Å². The van der Waals surface area contributed by atoms with Gasteiger partial charge in [0.2, 0.25) is 10.0 Å². The van der Waals surface area contributed by atoms with Crippen molar-refractivity contribution in [3.63, 3.8) is 0 Å². The summed E-state index contributed by atoms with van der Waals surface area (Å²) in [7, 11) is 2.42. The summed E-state index contributed by atoms with van der Waals surface area (Å²) in [6, 6.07) is 8.06. The van der Waals surface area contributed by atoms with Gasteiger partial charge in [0.15, 0.2) is 23.0 Å². The Bertz CT molecular complexity index is 973. The summed E-state index contributed by atoms with van der Waals surface area (Å²) in [6.07, 6.45) is 0.590. The largest absolute Gasteiger partial charge is 0.493 e. The fraction of sp³-hybridized carbons (Fsp3) is 0.400. The normalized spacial score (nSPS) is 17.0. The molecule has 1 aliphatic heterocycles. The van der Waals surface area contributed by atoms with Crippen molar-refractivity contribution in [2.75, 3.05) is 35.0 Å². The van der Waals surface area contributed by atoms with Crippen LogP contribution in [0.2, 0.25) is 0 Å². The van der Waals surface area contributed by atoms with E-state index in [1.54, 1.807) is 20.3 Å². The summed E-state index contributed by atoms with van der Waals surface area (Å²) in [5.74, 6) is 2.08. The molecule has 0 bridgehead atoms. The lowest BCUT2D eigenvalue weighted by Gasteiger charge is -2.34. The molecule has 0 unspecified atom stereocenters. The average Bonchev–Trinajstić information content (AvgIpc) is 2.72. The molecule has 1 atom stereocenters. The van der Waals surface area contributed by atoms with E-state index in [1.807, 2.05) is 19.1 Å². The van der Waals surface area contributed by atoms with Gasteiger partial charge in [0, 0.05) is 18.7 Å². The second-order valence-corrected chi connectivity index (χ2v) is 8.36. The van der Waals surface area contributed by atoms with Gasteiger partial charge in [0.1, 0.15) is 0 Å². The third kappa shape index (κ3) is 3.38. The minimum atomic E-state index is -3.72. The highest BCUT2D eigenvalue weighted by molar-refractivity contribution is 7.89. The van der Waals surface area contributed by atoms with E-state index in [0.717, 1.165) is 11.1 Å². The van der Waals surface area contributed by atoms with E-state index in [0.29, 0.717) is 36.0 Å². The maximum absolute atomic E-state index is 13.3. The summed E-state index contributed by atoms with van der Waals surface area (Å²) in [5.41, 5.74) is 1.97. The quantitative estimate of drug-likeness (QED) is 0.733. The Morgan fingerprint density at radius 1 is 0.857 bits per heavy atom. The van der Waals surface area contributed by atoms with Gasteiger partial charge in [-0.2, -0.15) is 4.31 Å². The van der Waals surface area contributed by atoms with Crippen molar-refractivity contribution in [3.8, 4) is 23.0 Å². The lowest BCUT2D eigenvalue weighted by molar-refractivity contribution is 0.318. The summed E-state index contributed by atoms with van der Waals surface area (Å²) in [4.78, 5) is 0.168. The fourth-order valence-corrected chi connectivity index (χ4v) is 5.19. The van der Waals surface area contributed by atoms with Crippen LogP contribution >= 0.6 is 0 Å². The van der Waals surface area contributed by atoms with Crippen molar-refractivity contribution in [1.29, 1.82) is 0 Å². The van der Waals surface area contributed by atoms with Crippen molar-refractivity contribution < 1.29 is 27.4 Å². The topological polar surface area (TPSA) is 74.3 Å². The van der Waals surface area contributed by atoms with Crippen LogP contribution in [0.5, 0.6) is 23.0 Å². The predicted molar refractivity (Wildman–Crippen MR) is 105 cm³/mol. The molecule has 7 nitrogen and oxygen atoms in total. The Labute approximate surface area is 165 Å². The number of benzene rings is 2. The van der Waals surface area contributed by atoms with Gasteiger partial charge in [0.05, 0.1) is 33.3 Å². The second-order valence-electron chi connectivity index (χ2n) is 6.46. The maximum atomic E-state index is 13.3. The summed E-state index contributed by atoms with van der Waals surface area (Å²) >= 11 is 0. The predicted octanol–water partition coefficient (Wildman–Crippen LogP) is 3.03. The molecule has 0 aromatic heterocycles. The van der Waals surface area contributed by atoms with E-state index in [-0.39, 0.29) is 10.9 Å². The van der Waals surface area contributed by atoms with Gasteiger partial charge in [-0.1, -0.05) is 0 Å². The van der Waals surface area contributed by atoms with Gasteiger partial charge in [-0.15, -0.1) is 0 Å². The van der Waals surface area contributed by atoms with E-state index in [9.17, 15) is 8.42 Å². The summed E-state index contributed by atoms with van der Waals surface area (Å²) < 4.78 is 49.4. The smallest absolute Gasteiger partial charge is 0.243 e. The van der Waals surface area contributed by atoms with E-state index in [4.69, 9.17) is 18.9 Å². The first kappa shape index (κ1) is 20.3. The number of nitrogens with zero attached hydrogens (tertiary/aromatic N) is 1. The Kier molecular flexibility index (Phi) is 5.71. The van der Waals surface area contributed by atoms with Crippen LogP contribution in [0.1, 0.15) is 24.1 Å². The molecule has 0 spiro atoms. The van der Waals surface area contributed by atoms with Crippen LogP contribution in [0.15, 0.2) is 35.2 Å². The molecule has 0 fully saturated rings. The molecule has 8 heteroatoms. The van der Waals surface area contributed by atoms with E-state index in [2.05, 4.69) is 0 Å². The van der Waals surface area contributed by atoms with Crippen molar-refractivity contribution >= 4 is 10.0 Å². The van der Waals surface area contributed by atoms with Crippen LogP contribution in [0, 0.1) is 0 Å². The van der Waals surface area contributed by atoms with Crippen LogP contribution < -0.4 is 18.9 Å². The van der Waals surface area contributed by atoms with Crippen LogP contribution in [0.25, 0.3) is 0 Å². The molecule has 0 saturated carbocycles. The van der Waals surface area contributed by atoms with Crippen molar-refractivity contribution in [3.05, 3.63) is 41.5 Å². The zero-order valence-electron chi connectivity index (χ0n) is 16.7. The standard InChI is InChI=1S/C20H25NO6S/c1-13-16-12-20(27-5)18(25-3)10-14(16)8-9-21(13)28(22,23)15-6-7-17(24-2)19(11-15)26-4/h6-7,10-13H,8-9H2,1-5H3/t13-/m1/s1. The van der Waals surface area contributed by atoms with E-state index < -0.39 is 10.0 Å². The minimum Gasteiger partial charge on any atom is -0.493 e. The number of hydrogen-bond acceptors (Lipinski definition) is 6. The van der Waals surface area contributed by atoms with Crippen LogP contribution in [-0.2, 0) is 16.4 Å². The lowest BCUT2D eigenvalue weighted by atomic mass is 9.94. The number of hydrogen-bond donors (Lipinski definition) is 0. The van der Waals surface area contributed by atoms with Gasteiger partial charge in [-0.25, -0.2) is 8.42 Å². The van der Waals surface area contributed by atoms with E-state index >= 15 is 0 Å². The molecule has 0 radical (unpaired) electrons. The number of fused-ring (bicyclic) bond motifs is 1. The molecular formula is C20H25NO6S. The Morgan fingerprint density at radius 2 is 1.43 bits per heavy atom. The molecule has 1 heterocycles. The van der Waals surface area contributed by atoms with Crippen LogP contribution in [-0.4, -0.2) is 47.7 Å². The Hall–Kier alpha value is -2.45. The number of sulfonamides is 1. The summed E-state index contributed by atoms with van der Waals surface area (Å²) in [5, 5.41) is 0. The zero-order valence-corrected chi connectivity index (χ0v) is 17.5. The zero-order chi connectivity index (χ0) is 20.5. The first-order valence-corrected chi connectivity index (χ1v) is 10.3. The van der Waals surface area contributed by atoms with Crippen LogP contribution in [0.4, 0.5) is 0 Å². The van der Waals surface area contributed by atoms with Gasteiger partial charge >= 0.3 is 0 Å². The average molecular weight is 407 g/mol. The fourth-order valence-electron chi connectivity index (χ4n) is 3.56. The van der Waals surface area contributed by atoms with Gasteiger partial charge in [-0.3, -0.25) is 0 Å². The van der Waals surface area contributed by atoms with Crippen LogP contribution in [0.3, 0.4) is 0 Å². The second kappa shape index (κ2) is 7.89. The molecule has 2 aromatic carbocycles. The molecule has 0 amide bonds. The number of methoxy groups -OCH3 is 4. The highest BCUT2D eigenvalue weighted by atomic mass is 32.2. The molecule has 2 aromatic rings. The molecule has 1 aliphatic rings. The Balaban J connectivity index is 2.01. The molecule has 0 saturated heterocycles. The number of rotatable bonds is 6. The van der Waals surface area contributed by atoms with Gasteiger partial charge in [0.25, 0.3) is 0 Å². The maximum Gasteiger partial charge on any atom is 0.243 e. The SMILES string of the molecule is COc1ccc(S(=O)(=O)N2CCc3cc(OC)c(OC)cc3[C@H]2C)cc1OC. The Morgan fingerprint density at radius 3 is 2.04 bits per heavy atom. The van der Waals surface area contributed by atoms with Gasteiger partial charge in [-0.05, 0) is 48.7 Å². The minimum absolute atomic E-state index is 0.168. The van der Waals surface area contributed by atoms with Gasteiger partial charge < -0.3 is 18.9 Å². The lowest BCUT2D eigenvalue weighted by Crippen LogP contribution is -2.38. The third-order valence-electron chi connectivity index (χ3n) is 5.09. The molecule has 0 N–H and O–H groups in total. The number of ether oxygens (including phenoxy) is 4. The first-order chi connectivity index (χ1) is 13.4. The highest BCUT2D eigenvalue weighted by Crippen LogP contribution is 2.40. The van der Waals surface area contributed by atoms with Crippen molar-refractivity contribution in [2.24, 2.45) is 0 Å². The third-order valence-corrected chi connectivity index (χ3v) is 7.06. The molecule has 3 rings (SSSR count). The molecular weight excluding hydrogens is 382 g/mol. The van der Waals surface area contributed by atoms with E-state index in [1.165, 1.54) is 30.7 Å². The summed E-state index contributed by atoms with van der Waals surface area (Å²) in [6.45, 7) is 2.25. The first-order valence-electron chi connectivity index (χ1n) is 8.86. The molecule has 28 heavy (non-hydrogen) atoms. The van der Waals surface area contributed by atoms with Crippen molar-refractivity contribution in [1.82, 2.24) is 4.31 Å². The monoisotopic (exact) mass is 407 g/mol. The highest BCUT2D eigenvalue weighted by Gasteiger charge is 2.35. The molecule has 152 valence electrons. The molecule has 0 aliphatic carbocycles.